The predicted octanol–water partition coefficient (Wildman–Crippen LogP) is 1.93. The summed E-state index contributed by atoms with van der Waals surface area (Å²) in [7, 11) is 1.69. The van der Waals surface area contributed by atoms with Gasteiger partial charge in [-0.15, -0.1) is 0 Å². The Labute approximate surface area is 99.4 Å². The molecule has 1 aliphatic rings. The fraction of sp³-hybridized carbons (Fsp3) is 0.923. The number of carbonyl (C=O) groups is 1. The van der Waals surface area contributed by atoms with Crippen LogP contribution in [-0.2, 0) is 4.79 Å². The van der Waals surface area contributed by atoms with E-state index in [9.17, 15) is 4.79 Å². The second-order valence-corrected chi connectivity index (χ2v) is 5.45. The van der Waals surface area contributed by atoms with Crippen LogP contribution in [0.5, 0.6) is 0 Å². The van der Waals surface area contributed by atoms with Crippen molar-refractivity contribution in [2.45, 2.75) is 58.5 Å². The van der Waals surface area contributed by atoms with Gasteiger partial charge in [0.15, 0.2) is 0 Å². The average Bonchev–Trinajstić information content (AvgIpc) is 2.22. The molecule has 0 aromatic carbocycles. The van der Waals surface area contributed by atoms with Gasteiger partial charge in [-0.25, -0.2) is 0 Å². The second-order valence-electron chi connectivity index (χ2n) is 5.45. The fourth-order valence-corrected chi connectivity index (χ4v) is 2.72. The molecule has 1 rings (SSSR count). The molecule has 1 amide bonds. The molecule has 0 aliphatic heterocycles. The zero-order valence-electron chi connectivity index (χ0n) is 11.0. The predicted molar refractivity (Wildman–Crippen MR) is 67.2 cm³/mol. The number of amides is 1. The third kappa shape index (κ3) is 4.12. The number of hydrogen-bond acceptors (Lipinski definition) is 2. The summed E-state index contributed by atoms with van der Waals surface area (Å²) in [4.78, 5) is 11.2. The lowest BCUT2D eigenvalue weighted by atomic mass is 9.79. The number of hydrogen-bond donors (Lipinski definition) is 2. The standard InChI is InChI=1S/C13H26N2O/c1-9-5-6-12(10(2)7-9)15-11(3)8-13(16)14-4/h9-12,15H,5-8H2,1-4H3,(H,14,16). The molecule has 16 heavy (non-hydrogen) atoms. The normalized spacial score (nSPS) is 32.1. The van der Waals surface area contributed by atoms with Crippen LogP contribution in [0.15, 0.2) is 0 Å². The molecule has 0 bridgehead atoms. The van der Waals surface area contributed by atoms with E-state index in [2.05, 4.69) is 31.4 Å². The van der Waals surface area contributed by atoms with Gasteiger partial charge in [0.2, 0.25) is 5.91 Å². The van der Waals surface area contributed by atoms with Gasteiger partial charge in [0.25, 0.3) is 0 Å². The van der Waals surface area contributed by atoms with Gasteiger partial charge < -0.3 is 10.6 Å². The van der Waals surface area contributed by atoms with E-state index in [1.54, 1.807) is 7.05 Å². The molecule has 3 nitrogen and oxygen atoms in total. The molecule has 0 saturated heterocycles. The maximum atomic E-state index is 11.2. The second kappa shape index (κ2) is 6.24. The number of nitrogens with one attached hydrogen (secondary N) is 2. The summed E-state index contributed by atoms with van der Waals surface area (Å²) in [5, 5.41) is 6.27. The first-order chi connectivity index (χ1) is 7.52. The van der Waals surface area contributed by atoms with Crippen molar-refractivity contribution in [3.63, 3.8) is 0 Å². The van der Waals surface area contributed by atoms with Gasteiger partial charge in [-0.1, -0.05) is 13.8 Å². The van der Waals surface area contributed by atoms with Crippen LogP contribution in [0.1, 0.15) is 46.5 Å². The molecular formula is C13H26N2O. The first-order valence-corrected chi connectivity index (χ1v) is 6.49. The molecular weight excluding hydrogens is 200 g/mol. The Hall–Kier alpha value is -0.570. The largest absolute Gasteiger partial charge is 0.359 e. The van der Waals surface area contributed by atoms with Crippen LogP contribution in [0.2, 0.25) is 0 Å². The molecule has 0 aromatic rings. The summed E-state index contributed by atoms with van der Waals surface area (Å²) < 4.78 is 0. The summed E-state index contributed by atoms with van der Waals surface area (Å²) in [5.41, 5.74) is 0. The Balaban J connectivity index is 2.33. The third-order valence-electron chi connectivity index (χ3n) is 3.70. The van der Waals surface area contributed by atoms with Crippen molar-refractivity contribution in [1.29, 1.82) is 0 Å². The number of rotatable bonds is 4. The zero-order chi connectivity index (χ0) is 12.1. The first kappa shape index (κ1) is 13.5. The summed E-state index contributed by atoms with van der Waals surface area (Å²) in [6.45, 7) is 6.75. The molecule has 2 N–H and O–H groups in total. The molecule has 1 saturated carbocycles. The van der Waals surface area contributed by atoms with Crippen molar-refractivity contribution in [2.24, 2.45) is 11.8 Å². The Kier molecular flexibility index (Phi) is 5.26. The van der Waals surface area contributed by atoms with Gasteiger partial charge in [-0.3, -0.25) is 4.79 Å². The lowest BCUT2D eigenvalue weighted by Gasteiger charge is -2.35. The van der Waals surface area contributed by atoms with E-state index in [0.717, 1.165) is 11.8 Å². The van der Waals surface area contributed by atoms with E-state index in [4.69, 9.17) is 0 Å². The van der Waals surface area contributed by atoms with E-state index in [0.29, 0.717) is 12.5 Å². The molecule has 94 valence electrons. The van der Waals surface area contributed by atoms with Crippen molar-refractivity contribution in [3.05, 3.63) is 0 Å². The van der Waals surface area contributed by atoms with Crippen LogP contribution in [0.4, 0.5) is 0 Å². The highest BCUT2D eigenvalue weighted by Gasteiger charge is 2.26. The van der Waals surface area contributed by atoms with Crippen LogP contribution in [-0.4, -0.2) is 25.0 Å². The lowest BCUT2D eigenvalue weighted by Crippen LogP contribution is -2.45. The molecule has 1 aliphatic carbocycles. The topological polar surface area (TPSA) is 41.1 Å². The maximum absolute atomic E-state index is 11.2. The van der Waals surface area contributed by atoms with Crippen molar-refractivity contribution in [2.75, 3.05) is 7.05 Å². The van der Waals surface area contributed by atoms with Crippen molar-refractivity contribution < 1.29 is 4.79 Å². The van der Waals surface area contributed by atoms with Crippen LogP contribution in [0.25, 0.3) is 0 Å². The van der Waals surface area contributed by atoms with Gasteiger partial charge in [0.1, 0.15) is 0 Å². The molecule has 0 spiro atoms. The highest BCUT2D eigenvalue weighted by Crippen LogP contribution is 2.28. The van der Waals surface area contributed by atoms with Crippen LogP contribution >= 0.6 is 0 Å². The van der Waals surface area contributed by atoms with E-state index in [1.165, 1.54) is 19.3 Å². The number of carbonyl (C=O) groups excluding carboxylic acids is 1. The minimum atomic E-state index is 0.122. The van der Waals surface area contributed by atoms with Crippen LogP contribution in [0, 0.1) is 11.8 Å². The molecule has 0 radical (unpaired) electrons. The molecule has 0 aromatic heterocycles. The lowest BCUT2D eigenvalue weighted by molar-refractivity contribution is -0.121. The van der Waals surface area contributed by atoms with Gasteiger partial charge in [-0.2, -0.15) is 0 Å². The monoisotopic (exact) mass is 226 g/mol. The smallest absolute Gasteiger partial charge is 0.221 e. The third-order valence-corrected chi connectivity index (χ3v) is 3.70. The summed E-state index contributed by atoms with van der Waals surface area (Å²) in [6, 6.07) is 0.872. The van der Waals surface area contributed by atoms with E-state index in [1.807, 2.05) is 0 Å². The van der Waals surface area contributed by atoms with Crippen LogP contribution < -0.4 is 10.6 Å². The van der Waals surface area contributed by atoms with Crippen molar-refractivity contribution in [3.8, 4) is 0 Å². The minimum Gasteiger partial charge on any atom is -0.359 e. The summed E-state index contributed by atoms with van der Waals surface area (Å²) in [5.74, 6) is 1.72. The van der Waals surface area contributed by atoms with Crippen molar-refractivity contribution in [1.82, 2.24) is 10.6 Å². The van der Waals surface area contributed by atoms with Crippen molar-refractivity contribution >= 4 is 5.91 Å². The molecule has 3 heteroatoms. The minimum absolute atomic E-state index is 0.122. The molecule has 4 atom stereocenters. The van der Waals surface area contributed by atoms with Crippen LogP contribution in [0.3, 0.4) is 0 Å². The highest BCUT2D eigenvalue weighted by molar-refractivity contribution is 5.76. The Morgan fingerprint density at radius 2 is 2.06 bits per heavy atom. The Bertz CT molecular complexity index is 230. The first-order valence-electron chi connectivity index (χ1n) is 6.49. The van der Waals surface area contributed by atoms with E-state index >= 15 is 0 Å². The Morgan fingerprint density at radius 1 is 1.38 bits per heavy atom. The summed E-state index contributed by atoms with van der Waals surface area (Å²) in [6.07, 6.45) is 4.45. The van der Waals surface area contributed by atoms with E-state index < -0.39 is 0 Å². The van der Waals surface area contributed by atoms with E-state index in [-0.39, 0.29) is 11.9 Å². The van der Waals surface area contributed by atoms with Gasteiger partial charge in [-0.05, 0) is 38.0 Å². The highest BCUT2D eigenvalue weighted by atomic mass is 16.1. The Morgan fingerprint density at radius 3 is 2.62 bits per heavy atom. The SMILES string of the molecule is CNC(=O)CC(C)NC1CCC(C)CC1C. The van der Waals surface area contributed by atoms with Gasteiger partial charge in [0, 0.05) is 25.6 Å². The zero-order valence-corrected chi connectivity index (χ0v) is 11.0. The fourth-order valence-electron chi connectivity index (χ4n) is 2.72. The van der Waals surface area contributed by atoms with Gasteiger partial charge >= 0.3 is 0 Å². The summed E-state index contributed by atoms with van der Waals surface area (Å²) >= 11 is 0. The quantitative estimate of drug-likeness (QED) is 0.769. The van der Waals surface area contributed by atoms with Gasteiger partial charge in [0.05, 0.1) is 0 Å². The maximum Gasteiger partial charge on any atom is 0.221 e. The molecule has 1 fully saturated rings. The molecule has 0 heterocycles. The average molecular weight is 226 g/mol. The molecule has 4 unspecified atom stereocenters.